The zero-order chi connectivity index (χ0) is 50.0. The van der Waals surface area contributed by atoms with Gasteiger partial charge in [0, 0.05) is 57.5 Å². The van der Waals surface area contributed by atoms with Gasteiger partial charge in [0.15, 0.2) is 16.7 Å². The number of alkyl halides is 3. The molecule has 4 aromatic rings. The van der Waals surface area contributed by atoms with Gasteiger partial charge >= 0.3 is 6.18 Å². The van der Waals surface area contributed by atoms with Gasteiger partial charge in [-0.05, 0) is 78.9 Å². The summed E-state index contributed by atoms with van der Waals surface area (Å²) in [5.41, 5.74) is 2.11. The number of thiazole rings is 1. The van der Waals surface area contributed by atoms with Crippen LogP contribution in [0.3, 0.4) is 0 Å². The summed E-state index contributed by atoms with van der Waals surface area (Å²) in [6.07, 6.45) is -4.04. The highest BCUT2D eigenvalue weighted by Crippen LogP contribution is 2.37. The number of hydrogen-bond donors (Lipinski definition) is 3. The molecule has 0 spiro atoms. The molecule has 0 bridgehead atoms. The maximum Gasteiger partial charge on any atom is 0.417 e. The van der Waals surface area contributed by atoms with Gasteiger partial charge < -0.3 is 39.8 Å². The van der Waals surface area contributed by atoms with E-state index in [0.717, 1.165) is 38.7 Å². The molecule has 4 amide bonds. The number of halogens is 4. The third-order valence-corrected chi connectivity index (χ3v) is 12.7. The number of β-amino-alcohol motifs (C(OH)–C–C–N with tert-alkyl or cyclic N) is 1. The van der Waals surface area contributed by atoms with E-state index < -0.39 is 70.4 Å². The Morgan fingerprint density at radius 2 is 1.68 bits per heavy atom. The molecule has 1 aromatic heterocycles. The van der Waals surface area contributed by atoms with E-state index in [0.29, 0.717) is 38.5 Å². The Balaban J connectivity index is 0.861. The van der Waals surface area contributed by atoms with Crippen molar-refractivity contribution in [2.45, 2.75) is 84.3 Å². The quantitative estimate of drug-likeness (QED) is 0.0486. The van der Waals surface area contributed by atoms with E-state index in [2.05, 4.69) is 15.6 Å². The zero-order valence-electron chi connectivity index (χ0n) is 38.4. The number of aryl methyl sites for hydroxylation is 1. The lowest BCUT2D eigenvalue weighted by Gasteiger charge is -2.35. The van der Waals surface area contributed by atoms with Crippen LogP contribution in [0.25, 0.3) is 10.4 Å². The summed E-state index contributed by atoms with van der Waals surface area (Å²) in [6, 6.07) is 14.1. The summed E-state index contributed by atoms with van der Waals surface area (Å²) in [7, 11) is 0. The highest BCUT2D eigenvalue weighted by molar-refractivity contribution is 7.81. The first-order valence-corrected chi connectivity index (χ1v) is 23.4. The number of carbonyl (C=O) groups excluding carboxylic acids is 4. The van der Waals surface area contributed by atoms with Gasteiger partial charge in [0.1, 0.15) is 25.2 Å². The third-order valence-electron chi connectivity index (χ3n) is 11.3. The number of thiocarbonyl (C=S) groups is 1. The highest BCUT2D eigenvalue weighted by Gasteiger charge is 2.45. The molecule has 0 radical (unpaired) electrons. The Labute approximate surface area is 406 Å². The molecule has 2 saturated heterocycles. The van der Waals surface area contributed by atoms with Gasteiger partial charge in [-0.25, -0.2) is 9.37 Å². The first-order chi connectivity index (χ1) is 32.8. The molecule has 21 heteroatoms. The maximum absolute atomic E-state index is 15.1. The number of aliphatic hydroxyl groups excluding tert-OH is 1. The van der Waals surface area contributed by atoms with Crippen molar-refractivity contribution in [3.63, 3.8) is 0 Å². The predicted octanol–water partition coefficient (Wildman–Crippen LogP) is 6.68. The first-order valence-electron chi connectivity index (χ1n) is 22.2. The Morgan fingerprint density at radius 1 is 0.986 bits per heavy atom. The Bertz CT molecular complexity index is 2550. The molecule has 3 N–H and O–H groups in total. The van der Waals surface area contributed by atoms with Gasteiger partial charge in [-0.3, -0.25) is 24.1 Å². The lowest BCUT2D eigenvalue weighted by molar-refractivity contribution is -0.144. The van der Waals surface area contributed by atoms with Crippen molar-refractivity contribution in [2.75, 3.05) is 55.9 Å². The van der Waals surface area contributed by atoms with Crippen LogP contribution in [-0.4, -0.2) is 108 Å². The standard InChI is InChI=1S/C48H53F4N7O8S2/c1-29-42(69-28-55-29)31-10-8-30(9-11-31)24-54-44(63)38-22-35(60)25-58(38)45(64)43(47(2,3)4)56-40(61)27-66-17-6-5-16-65-18-7-19-67-39-15-14-33(21-37(39)49)57-26-41(62)59(46(57)68)34-13-12-32(23-53)36(20-34)48(50,51)52/h8-15,20-21,28,35,38,43,60H,5-7,16-19,22,24-27H2,1-4H3,(H,54,63)(H,56,61)/t35-,38+,43?/m1/s1. The van der Waals surface area contributed by atoms with Gasteiger partial charge in [-0.1, -0.05) is 45.0 Å². The molecule has 3 atom stereocenters. The number of rotatable bonds is 20. The minimum absolute atomic E-state index is 0.0468. The number of nitrogens with one attached hydrogen (secondary N) is 2. The molecule has 1 unspecified atom stereocenters. The molecule has 3 heterocycles. The monoisotopic (exact) mass is 995 g/mol. The molecular formula is C48H53F4N7O8S2. The molecule has 2 fully saturated rings. The molecule has 2 aliphatic rings. The number of carbonyl (C=O) groups is 4. The average molecular weight is 996 g/mol. The smallest absolute Gasteiger partial charge is 0.417 e. The highest BCUT2D eigenvalue weighted by atomic mass is 32.1. The fraction of sp³-hybridized carbons (Fsp3) is 0.438. The molecule has 15 nitrogen and oxygen atoms in total. The summed E-state index contributed by atoms with van der Waals surface area (Å²) >= 11 is 6.94. The van der Waals surface area contributed by atoms with E-state index in [-0.39, 0.29) is 68.1 Å². The van der Waals surface area contributed by atoms with Crippen LogP contribution >= 0.6 is 23.6 Å². The average Bonchev–Trinajstić information content (AvgIpc) is 4.01. The minimum atomic E-state index is -4.84. The van der Waals surface area contributed by atoms with Crippen LogP contribution in [0.4, 0.5) is 28.9 Å². The van der Waals surface area contributed by atoms with Crippen LogP contribution in [0.15, 0.2) is 66.2 Å². The second-order valence-electron chi connectivity index (χ2n) is 17.6. The molecule has 2 aliphatic heterocycles. The van der Waals surface area contributed by atoms with Crippen molar-refractivity contribution in [1.29, 1.82) is 5.26 Å². The minimum Gasteiger partial charge on any atom is -0.490 e. The van der Waals surface area contributed by atoms with Crippen LogP contribution in [0, 0.1) is 29.5 Å². The predicted molar refractivity (Wildman–Crippen MR) is 253 cm³/mol. The summed E-state index contributed by atoms with van der Waals surface area (Å²) in [5.74, 6) is -2.82. The van der Waals surface area contributed by atoms with Crippen molar-refractivity contribution >= 4 is 63.7 Å². The number of unbranched alkanes of at least 4 members (excludes halogenated alkanes) is 1. The number of nitriles is 1. The number of benzene rings is 3. The second-order valence-corrected chi connectivity index (χ2v) is 18.8. The lowest BCUT2D eigenvalue weighted by atomic mass is 9.85. The number of aliphatic hydroxyl groups is 1. The van der Waals surface area contributed by atoms with Crippen LogP contribution < -0.4 is 25.2 Å². The number of amides is 4. The summed E-state index contributed by atoms with van der Waals surface area (Å²) in [4.78, 5) is 62.1. The van der Waals surface area contributed by atoms with Crippen molar-refractivity contribution in [1.82, 2.24) is 20.5 Å². The van der Waals surface area contributed by atoms with Crippen LogP contribution in [-0.2, 0) is 41.4 Å². The topological polar surface area (TPSA) is 187 Å². The first kappa shape index (κ1) is 52.3. The summed E-state index contributed by atoms with van der Waals surface area (Å²) < 4.78 is 72.5. The normalized spacial score (nSPS) is 16.7. The third kappa shape index (κ3) is 13.4. The van der Waals surface area contributed by atoms with Gasteiger partial charge in [0.2, 0.25) is 17.7 Å². The van der Waals surface area contributed by atoms with Crippen LogP contribution in [0.5, 0.6) is 5.75 Å². The number of hydrogen-bond acceptors (Lipinski definition) is 12. The Kier molecular flexibility index (Phi) is 17.5. The van der Waals surface area contributed by atoms with E-state index in [1.807, 2.05) is 31.2 Å². The van der Waals surface area contributed by atoms with Gasteiger partial charge in [0.25, 0.3) is 5.91 Å². The number of likely N-dealkylation sites (tertiary alicyclic amines) is 1. The van der Waals surface area contributed by atoms with Gasteiger partial charge in [-0.15, -0.1) is 11.3 Å². The summed E-state index contributed by atoms with van der Waals surface area (Å²) in [6.45, 7) is 7.97. The van der Waals surface area contributed by atoms with Crippen molar-refractivity contribution < 1.29 is 56.1 Å². The zero-order valence-corrected chi connectivity index (χ0v) is 40.1. The van der Waals surface area contributed by atoms with E-state index in [4.69, 9.17) is 31.7 Å². The molecule has 0 aliphatic carbocycles. The second kappa shape index (κ2) is 23.0. The van der Waals surface area contributed by atoms with Gasteiger partial charge in [0.05, 0.1) is 51.7 Å². The van der Waals surface area contributed by atoms with Crippen molar-refractivity contribution in [3.05, 3.63) is 94.4 Å². The van der Waals surface area contributed by atoms with Crippen LogP contribution in [0.2, 0.25) is 0 Å². The van der Waals surface area contributed by atoms with E-state index in [1.54, 1.807) is 37.6 Å². The molecule has 0 saturated carbocycles. The molecule has 69 heavy (non-hydrogen) atoms. The van der Waals surface area contributed by atoms with Gasteiger partial charge in [-0.2, -0.15) is 18.4 Å². The fourth-order valence-corrected chi connectivity index (χ4v) is 8.93. The number of aromatic nitrogens is 1. The Hall–Kier alpha value is -6.05. The maximum atomic E-state index is 15.1. The SMILES string of the molecule is Cc1ncsc1-c1ccc(CNC(=O)[C@@H]2C[C@@H](O)CN2C(=O)C(NC(=O)COCCCCOCCCOc2ccc(N3CC(=O)N(c4ccc(C#N)c(C(F)(F)F)c4)C3=S)cc2F)C(C)(C)C)cc1. The van der Waals surface area contributed by atoms with Crippen LogP contribution in [0.1, 0.15) is 68.8 Å². The van der Waals surface area contributed by atoms with Crippen molar-refractivity contribution in [2.24, 2.45) is 5.41 Å². The number of ether oxygens (including phenoxy) is 3. The van der Waals surface area contributed by atoms with E-state index >= 15 is 4.39 Å². The Morgan fingerprint density at radius 3 is 2.33 bits per heavy atom. The molecular weight excluding hydrogens is 943 g/mol. The molecule has 3 aromatic carbocycles. The lowest BCUT2D eigenvalue weighted by Crippen LogP contribution is -2.58. The number of nitrogens with zero attached hydrogens (tertiary/aromatic N) is 5. The number of anilines is 2. The molecule has 368 valence electrons. The fourth-order valence-electron chi connectivity index (χ4n) is 7.74. The van der Waals surface area contributed by atoms with Crippen molar-refractivity contribution in [3.8, 4) is 22.3 Å². The molecule has 6 rings (SSSR count). The van der Waals surface area contributed by atoms with E-state index in [9.17, 15) is 37.5 Å². The van der Waals surface area contributed by atoms with E-state index in [1.165, 1.54) is 34.1 Å². The summed E-state index contributed by atoms with van der Waals surface area (Å²) in [5, 5.41) is 25.1. The largest absolute Gasteiger partial charge is 0.490 e.